The number of hydrogen-bond acceptors (Lipinski definition) is 6. The third-order valence-corrected chi connectivity index (χ3v) is 10.8. The van der Waals surface area contributed by atoms with Crippen LogP contribution in [0.4, 0.5) is 10.8 Å². The molecule has 1 aromatic carbocycles. The number of methoxy groups -OCH3 is 1. The van der Waals surface area contributed by atoms with Gasteiger partial charge < -0.3 is 15.3 Å². The second kappa shape index (κ2) is 7.99. The van der Waals surface area contributed by atoms with E-state index in [0.29, 0.717) is 22.8 Å². The lowest BCUT2D eigenvalue weighted by molar-refractivity contribution is 0.0110. The molecule has 2 fully saturated rings. The quantitative estimate of drug-likeness (QED) is 0.339. The average Bonchev–Trinajstić information content (AvgIpc) is 3.38. The van der Waals surface area contributed by atoms with Gasteiger partial charge in [-0.1, -0.05) is 48.0 Å². The molecule has 0 radical (unpaired) electrons. The summed E-state index contributed by atoms with van der Waals surface area (Å²) in [7, 11) is 1.67. The zero-order valence-corrected chi connectivity index (χ0v) is 21.6. The normalized spacial score (nSPS) is 35.1. The fraction of sp³-hybridized carbons (Fsp3) is 0.556. The van der Waals surface area contributed by atoms with Crippen molar-refractivity contribution >= 4 is 45.0 Å². The summed E-state index contributed by atoms with van der Waals surface area (Å²) in [5.41, 5.74) is 4.87. The van der Waals surface area contributed by atoms with E-state index in [2.05, 4.69) is 30.4 Å². The van der Waals surface area contributed by atoms with Crippen LogP contribution >= 0.6 is 22.9 Å². The van der Waals surface area contributed by atoms with Gasteiger partial charge in [-0.05, 0) is 91.9 Å². The molecule has 0 saturated heterocycles. The van der Waals surface area contributed by atoms with Crippen LogP contribution in [-0.4, -0.2) is 23.0 Å². The number of nitrogens with one attached hydrogen (secondary N) is 1. The lowest BCUT2D eigenvalue weighted by atomic mass is 9.48. The number of nitrogens with zero attached hydrogens (tertiary/aromatic N) is 2. The Morgan fingerprint density at radius 2 is 2.00 bits per heavy atom. The van der Waals surface area contributed by atoms with Crippen molar-refractivity contribution in [3.63, 3.8) is 0 Å². The summed E-state index contributed by atoms with van der Waals surface area (Å²) in [6.45, 7) is 4.85. The number of fused-ring (bicyclic) bond motifs is 7. The van der Waals surface area contributed by atoms with Gasteiger partial charge in [0.15, 0.2) is 5.13 Å². The molecule has 2 aromatic rings. The number of ether oxygens (including phenoxy) is 1. The highest BCUT2D eigenvalue weighted by atomic mass is 35.5. The third-order valence-electron chi connectivity index (χ3n) is 9.55. The molecule has 7 heteroatoms. The molecule has 1 aromatic heterocycles. The number of hydrogen-bond donors (Lipinski definition) is 2. The molecular weight excluding hydrogens is 466 g/mol. The number of anilines is 2. The van der Waals surface area contributed by atoms with Crippen LogP contribution in [0.25, 0.3) is 5.57 Å². The molecule has 4 aliphatic carbocycles. The highest BCUT2D eigenvalue weighted by Crippen LogP contribution is 2.65. The van der Waals surface area contributed by atoms with Gasteiger partial charge in [0.25, 0.3) is 0 Å². The number of benzene rings is 1. The SMILES string of the molecule is COc1ccc(Cl)cc1Nc1nc2c(s1)C1=CC[C@@H]3[C@H](CC[C@]4(C)/C(=N/O)CC[C@@H]34)[C@@]1(C)CC2. The monoisotopic (exact) mass is 497 g/mol. The predicted molar refractivity (Wildman–Crippen MR) is 139 cm³/mol. The van der Waals surface area contributed by atoms with Crippen molar-refractivity contribution in [2.45, 2.75) is 58.8 Å². The van der Waals surface area contributed by atoms with Crippen molar-refractivity contribution in [1.82, 2.24) is 4.98 Å². The number of oxime groups is 1. The molecule has 180 valence electrons. The molecule has 4 aliphatic rings. The zero-order chi connectivity index (χ0) is 23.7. The van der Waals surface area contributed by atoms with Crippen molar-refractivity contribution in [3.8, 4) is 5.75 Å². The number of aryl methyl sites for hydroxylation is 1. The first-order valence-corrected chi connectivity index (χ1v) is 13.6. The Morgan fingerprint density at radius 3 is 2.79 bits per heavy atom. The van der Waals surface area contributed by atoms with E-state index in [1.807, 2.05) is 18.2 Å². The fourth-order valence-electron chi connectivity index (χ4n) is 7.78. The molecule has 34 heavy (non-hydrogen) atoms. The van der Waals surface area contributed by atoms with Gasteiger partial charge in [-0.15, -0.1) is 0 Å². The largest absolute Gasteiger partial charge is 0.495 e. The number of rotatable bonds is 3. The van der Waals surface area contributed by atoms with E-state index in [0.717, 1.165) is 60.8 Å². The molecule has 1 heterocycles. The summed E-state index contributed by atoms with van der Waals surface area (Å²) in [6.07, 6.45) is 10.3. The van der Waals surface area contributed by atoms with Gasteiger partial charge in [0, 0.05) is 10.4 Å². The summed E-state index contributed by atoms with van der Waals surface area (Å²) >= 11 is 8.00. The molecule has 5 atom stereocenters. The maximum Gasteiger partial charge on any atom is 0.188 e. The Hall–Kier alpha value is -2.05. The van der Waals surface area contributed by atoms with Crippen LogP contribution in [0.2, 0.25) is 5.02 Å². The number of halogens is 1. The Labute approximate surface area is 210 Å². The number of thiazole rings is 1. The minimum Gasteiger partial charge on any atom is -0.495 e. The second-order valence-electron chi connectivity index (χ2n) is 11.0. The predicted octanol–water partition coefficient (Wildman–Crippen LogP) is 7.56. The summed E-state index contributed by atoms with van der Waals surface area (Å²) < 4.78 is 5.51. The van der Waals surface area contributed by atoms with E-state index in [-0.39, 0.29) is 10.8 Å². The first-order chi connectivity index (χ1) is 16.4. The number of allylic oxidation sites excluding steroid dienone is 2. The Balaban J connectivity index is 1.33. The van der Waals surface area contributed by atoms with Crippen LogP contribution in [-0.2, 0) is 6.42 Å². The fourth-order valence-corrected chi connectivity index (χ4v) is 9.15. The Morgan fingerprint density at radius 1 is 1.18 bits per heavy atom. The standard InChI is InChI=1S/C27H32ClN3O2S/c1-26-13-11-20-24(34-25(29-20)30-21-14-15(28)4-8-22(21)33-3)19(26)6-5-16-17-7-9-23(31-32)27(17,2)12-10-18(16)26/h4,6,8,14,16-18,32H,5,7,9-13H2,1-3H3,(H,29,30)/b31-23+/t16-,17-,18-,26+,27-/m0/s1. The summed E-state index contributed by atoms with van der Waals surface area (Å²) in [6, 6.07) is 5.60. The molecule has 0 amide bonds. The van der Waals surface area contributed by atoms with Crippen LogP contribution in [0.3, 0.4) is 0 Å². The Bertz CT molecular complexity index is 1210. The van der Waals surface area contributed by atoms with E-state index in [1.54, 1.807) is 18.4 Å². The maximum atomic E-state index is 9.62. The highest BCUT2D eigenvalue weighted by molar-refractivity contribution is 7.16. The van der Waals surface area contributed by atoms with Gasteiger partial charge in [-0.3, -0.25) is 0 Å². The van der Waals surface area contributed by atoms with Crippen molar-refractivity contribution < 1.29 is 9.94 Å². The molecule has 2 saturated carbocycles. The van der Waals surface area contributed by atoms with E-state index in [4.69, 9.17) is 21.3 Å². The van der Waals surface area contributed by atoms with Crippen LogP contribution < -0.4 is 10.1 Å². The van der Waals surface area contributed by atoms with Gasteiger partial charge in [-0.25, -0.2) is 4.98 Å². The molecule has 0 spiro atoms. The van der Waals surface area contributed by atoms with E-state index < -0.39 is 0 Å². The van der Waals surface area contributed by atoms with Crippen molar-refractivity contribution in [3.05, 3.63) is 39.9 Å². The minimum absolute atomic E-state index is 0.0784. The summed E-state index contributed by atoms with van der Waals surface area (Å²) in [5, 5.41) is 18.4. The molecule has 0 unspecified atom stereocenters. The molecule has 0 bridgehead atoms. The van der Waals surface area contributed by atoms with Gasteiger partial charge in [-0.2, -0.15) is 0 Å². The topological polar surface area (TPSA) is 66.7 Å². The molecule has 5 nitrogen and oxygen atoms in total. The summed E-state index contributed by atoms with van der Waals surface area (Å²) in [5.74, 6) is 2.75. The summed E-state index contributed by atoms with van der Waals surface area (Å²) in [4.78, 5) is 6.34. The third kappa shape index (κ3) is 3.17. The van der Waals surface area contributed by atoms with E-state index >= 15 is 0 Å². The maximum absolute atomic E-state index is 9.62. The van der Waals surface area contributed by atoms with Crippen molar-refractivity contribution in [2.24, 2.45) is 33.7 Å². The van der Waals surface area contributed by atoms with Crippen molar-refractivity contribution in [1.29, 1.82) is 0 Å². The number of aromatic nitrogens is 1. The van der Waals surface area contributed by atoms with Gasteiger partial charge >= 0.3 is 0 Å². The zero-order valence-electron chi connectivity index (χ0n) is 20.0. The lowest BCUT2D eigenvalue weighted by Gasteiger charge is -2.56. The van der Waals surface area contributed by atoms with Gasteiger partial charge in [0.2, 0.25) is 0 Å². The Kier molecular flexibility index (Phi) is 5.27. The smallest absolute Gasteiger partial charge is 0.188 e. The first-order valence-electron chi connectivity index (χ1n) is 12.4. The van der Waals surface area contributed by atoms with Crippen molar-refractivity contribution in [2.75, 3.05) is 12.4 Å². The molecule has 2 N–H and O–H groups in total. The second-order valence-corrected chi connectivity index (χ2v) is 12.4. The molecular formula is C27H32ClN3O2S. The van der Waals surface area contributed by atoms with Crippen LogP contribution in [0.15, 0.2) is 29.4 Å². The average molecular weight is 498 g/mol. The van der Waals surface area contributed by atoms with Gasteiger partial charge in [0.1, 0.15) is 5.75 Å². The van der Waals surface area contributed by atoms with Crippen LogP contribution in [0.5, 0.6) is 5.75 Å². The van der Waals surface area contributed by atoms with Crippen LogP contribution in [0, 0.1) is 28.6 Å². The molecule has 6 rings (SSSR count). The minimum atomic E-state index is 0.0784. The van der Waals surface area contributed by atoms with E-state index in [9.17, 15) is 5.21 Å². The molecule has 0 aliphatic heterocycles. The van der Waals surface area contributed by atoms with E-state index in [1.165, 1.54) is 22.6 Å². The first kappa shape index (κ1) is 22.4. The van der Waals surface area contributed by atoms with Crippen LogP contribution in [0.1, 0.15) is 62.9 Å². The lowest BCUT2D eigenvalue weighted by Crippen LogP contribution is -2.49. The van der Waals surface area contributed by atoms with Gasteiger partial charge in [0.05, 0.1) is 29.1 Å². The highest BCUT2D eigenvalue weighted by Gasteiger charge is 2.58.